The lowest BCUT2D eigenvalue weighted by Crippen LogP contribution is -2.32. The van der Waals surface area contributed by atoms with Gasteiger partial charge in [0.2, 0.25) is 0 Å². The molecule has 2 amide bonds. The minimum atomic E-state index is -1.24. The summed E-state index contributed by atoms with van der Waals surface area (Å²) in [7, 11) is 0.241. The van der Waals surface area contributed by atoms with Crippen molar-refractivity contribution in [2.45, 2.75) is 51.7 Å². The first kappa shape index (κ1) is 31.6. The summed E-state index contributed by atoms with van der Waals surface area (Å²) in [4.78, 5) is 30.1. The molecule has 1 unspecified atom stereocenters. The van der Waals surface area contributed by atoms with Gasteiger partial charge in [0, 0.05) is 33.9 Å². The lowest BCUT2D eigenvalue weighted by atomic mass is 10.1. The number of alkyl carbamates (subject to hydrolysis) is 1. The largest absolute Gasteiger partial charge is 0.444 e. The Morgan fingerprint density at radius 3 is 2.35 bits per heavy atom. The quantitative estimate of drug-likeness (QED) is 0.0792. The van der Waals surface area contributed by atoms with Crippen molar-refractivity contribution in [1.29, 1.82) is 5.41 Å². The van der Waals surface area contributed by atoms with Crippen LogP contribution in [-0.2, 0) is 38.9 Å². The molecule has 4 aromatic rings. The van der Waals surface area contributed by atoms with Crippen LogP contribution in [0.4, 0.5) is 4.79 Å². The fraction of sp³-hybridized carbons (Fsp3) is 0.312. The van der Waals surface area contributed by atoms with E-state index in [-0.39, 0.29) is 31.6 Å². The molecule has 0 bridgehead atoms. The highest BCUT2D eigenvalue weighted by molar-refractivity contribution is 6.76. The van der Waals surface area contributed by atoms with E-state index >= 15 is 0 Å². The number of imidazole rings is 1. The van der Waals surface area contributed by atoms with Crippen molar-refractivity contribution in [1.82, 2.24) is 20.2 Å². The predicted molar refractivity (Wildman–Crippen MR) is 168 cm³/mol. The summed E-state index contributed by atoms with van der Waals surface area (Å²) in [6, 6.07) is 25.0. The van der Waals surface area contributed by atoms with Gasteiger partial charge >= 0.3 is 6.09 Å². The van der Waals surface area contributed by atoms with Crippen LogP contribution < -0.4 is 10.6 Å². The highest BCUT2D eigenvalue weighted by Crippen LogP contribution is 2.24. The Balaban J connectivity index is 1.34. The van der Waals surface area contributed by atoms with Gasteiger partial charge in [-0.2, -0.15) is 0 Å². The maximum atomic E-state index is 13.3. The number of para-hydroxylation sites is 2. The predicted octanol–water partition coefficient (Wildman–Crippen LogP) is 5.60. The van der Waals surface area contributed by atoms with Gasteiger partial charge < -0.3 is 24.1 Å². The van der Waals surface area contributed by atoms with Crippen LogP contribution in [0.25, 0.3) is 11.0 Å². The van der Waals surface area contributed by atoms with Gasteiger partial charge in [-0.1, -0.05) is 86.4 Å². The summed E-state index contributed by atoms with van der Waals surface area (Å²) in [6.45, 7) is 8.18. The zero-order valence-corrected chi connectivity index (χ0v) is 26.1. The number of nitrogens with zero attached hydrogens (tertiary/aromatic N) is 2. The van der Waals surface area contributed by atoms with Crippen LogP contribution in [0, 0.1) is 5.41 Å². The summed E-state index contributed by atoms with van der Waals surface area (Å²) in [5.74, 6) is 0.0584. The second kappa shape index (κ2) is 14.7. The molecular weight excluding hydrogens is 562 g/mol. The summed E-state index contributed by atoms with van der Waals surface area (Å²) >= 11 is 0. The summed E-state index contributed by atoms with van der Waals surface area (Å²) in [5.41, 5.74) is 3.81. The summed E-state index contributed by atoms with van der Waals surface area (Å²) < 4.78 is 18.7. The normalized spacial score (nSPS) is 12.1. The zero-order chi connectivity index (χ0) is 30.8. The molecule has 226 valence electrons. The van der Waals surface area contributed by atoms with Gasteiger partial charge in [-0.05, 0) is 29.3 Å². The number of amidine groups is 1. The van der Waals surface area contributed by atoms with Gasteiger partial charge in [-0.3, -0.25) is 15.5 Å². The molecule has 1 aromatic heterocycles. The minimum Gasteiger partial charge on any atom is -0.444 e. The van der Waals surface area contributed by atoms with E-state index in [4.69, 9.17) is 24.6 Å². The average molecular weight is 602 g/mol. The number of fused-ring (bicyclic) bond motifs is 1. The van der Waals surface area contributed by atoms with Gasteiger partial charge in [0.25, 0.3) is 5.91 Å². The molecule has 0 saturated heterocycles. The number of benzene rings is 3. The SMILES string of the molecule is COC(C(=O)NCc1ccc(C(=N)NC(=O)OCc2ccccc2)cc1)c1nc2ccccc2n1COCC[Si](C)(C)C. The number of nitrogens with one attached hydrogen (secondary N) is 3. The molecule has 0 spiro atoms. The van der Waals surface area contributed by atoms with E-state index in [0.29, 0.717) is 18.0 Å². The van der Waals surface area contributed by atoms with Crippen molar-refractivity contribution in [2.75, 3.05) is 13.7 Å². The number of amides is 2. The number of ether oxygens (including phenoxy) is 3. The van der Waals surface area contributed by atoms with Crippen LogP contribution >= 0.6 is 0 Å². The molecule has 3 N–H and O–H groups in total. The molecule has 43 heavy (non-hydrogen) atoms. The second-order valence-corrected chi connectivity index (χ2v) is 16.9. The van der Waals surface area contributed by atoms with Crippen LogP contribution in [0.1, 0.15) is 28.6 Å². The van der Waals surface area contributed by atoms with Crippen molar-refractivity contribution in [2.24, 2.45) is 0 Å². The Kier molecular flexibility index (Phi) is 10.8. The molecule has 0 saturated carbocycles. The summed E-state index contributed by atoms with van der Waals surface area (Å²) in [5, 5.41) is 13.6. The molecule has 3 aromatic carbocycles. The van der Waals surface area contributed by atoms with Crippen molar-refractivity contribution >= 4 is 36.9 Å². The van der Waals surface area contributed by atoms with E-state index < -0.39 is 20.3 Å². The third kappa shape index (κ3) is 9.08. The molecule has 0 radical (unpaired) electrons. The number of hydrogen-bond donors (Lipinski definition) is 3. The zero-order valence-electron chi connectivity index (χ0n) is 25.1. The number of methoxy groups -OCH3 is 1. The number of carbonyl (C=O) groups excluding carboxylic acids is 2. The van der Waals surface area contributed by atoms with Gasteiger partial charge in [0.1, 0.15) is 19.2 Å². The van der Waals surface area contributed by atoms with E-state index in [9.17, 15) is 9.59 Å². The van der Waals surface area contributed by atoms with Crippen LogP contribution in [-0.4, -0.2) is 49.2 Å². The maximum absolute atomic E-state index is 13.3. The molecule has 0 aliphatic rings. The Hall–Kier alpha value is -4.32. The number of aromatic nitrogens is 2. The van der Waals surface area contributed by atoms with Crippen LogP contribution in [0.2, 0.25) is 25.7 Å². The molecule has 1 heterocycles. The van der Waals surface area contributed by atoms with Gasteiger partial charge in [0.05, 0.1) is 11.0 Å². The Labute approximate surface area is 252 Å². The fourth-order valence-electron chi connectivity index (χ4n) is 4.30. The second-order valence-electron chi connectivity index (χ2n) is 11.3. The Bertz CT molecular complexity index is 1530. The molecule has 4 rings (SSSR count). The van der Waals surface area contributed by atoms with Crippen molar-refractivity contribution in [3.8, 4) is 0 Å². The molecule has 1 atom stereocenters. The molecule has 0 fully saturated rings. The lowest BCUT2D eigenvalue weighted by molar-refractivity contribution is -0.132. The highest BCUT2D eigenvalue weighted by atomic mass is 28.3. The standard InChI is InChI=1S/C32H39N5O5Si/c1-40-28(30-35-26-12-8-9-13-27(26)37(30)22-41-18-19-43(2,3)4)31(38)34-20-23-14-16-25(17-15-23)29(33)36-32(39)42-21-24-10-6-5-7-11-24/h5-17,28H,18-22H2,1-4H3,(H,34,38)(H2,33,36,39). The molecule has 0 aliphatic heterocycles. The van der Waals surface area contributed by atoms with E-state index in [2.05, 4.69) is 30.3 Å². The smallest absolute Gasteiger partial charge is 0.413 e. The van der Waals surface area contributed by atoms with Gasteiger partial charge in [0.15, 0.2) is 11.9 Å². The summed E-state index contributed by atoms with van der Waals surface area (Å²) in [6.07, 6.45) is -1.64. The van der Waals surface area contributed by atoms with E-state index in [1.165, 1.54) is 7.11 Å². The molecular formula is C32H39N5O5Si. The fourth-order valence-corrected chi connectivity index (χ4v) is 5.06. The first-order valence-corrected chi connectivity index (χ1v) is 17.8. The van der Waals surface area contributed by atoms with Gasteiger partial charge in [-0.15, -0.1) is 0 Å². The molecule has 11 heteroatoms. The monoisotopic (exact) mass is 601 g/mol. The van der Waals surface area contributed by atoms with Crippen LogP contribution in [0.5, 0.6) is 0 Å². The lowest BCUT2D eigenvalue weighted by Gasteiger charge is -2.19. The first-order chi connectivity index (χ1) is 20.6. The average Bonchev–Trinajstić information content (AvgIpc) is 3.35. The van der Waals surface area contributed by atoms with Crippen molar-refractivity contribution in [3.63, 3.8) is 0 Å². The number of carbonyl (C=O) groups is 2. The Morgan fingerprint density at radius 1 is 0.953 bits per heavy atom. The molecule has 0 aliphatic carbocycles. The van der Waals surface area contributed by atoms with Gasteiger partial charge in [-0.25, -0.2) is 9.78 Å². The van der Waals surface area contributed by atoms with Crippen LogP contribution in [0.3, 0.4) is 0 Å². The Morgan fingerprint density at radius 2 is 1.65 bits per heavy atom. The third-order valence-corrected chi connectivity index (χ3v) is 8.46. The number of hydrogen-bond acceptors (Lipinski definition) is 7. The third-order valence-electron chi connectivity index (χ3n) is 6.76. The van der Waals surface area contributed by atoms with Crippen LogP contribution in [0.15, 0.2) is 78.9 Å². The highest BCUT2D eigenvalue weighted by Gasteiger charge is 2.27. The van der Waals surface area contributed by atoms with Crippen molar-refractivity contribution < 1.29 is 23.8 Å². The molecule has 10 nitrogen and oxygen atoms in total. The van der Waals surface area contributed by atoms with Crippen molar-refractivity contribution in [3.05, 3.63) is 101 Å². The minimum absolute atomic E-state index is 0.0842. The number of rotatable bonds is 13. The topological polar surface area (TPSA) is 128 Å². The first-order valence-electron chi connectivity index (χ1n) is 14.1. The van der Waals surface area contributed by atoms with E-state index in [0.717, 1.165) is 28.2 Å². The van der Waals surface area contributed by atoms with E-state index in [1.54, 1.807) is 24.3 Å². The van der Waals surface area contributed by atoms with E-state index in [1.807, 2.05) is 59.2 Å². The maximum Gasteiger partial charge on any atom is 0.413 e.